The van der Waals surface area contributed by atoms with Crippen molar-refractivity contribution in [3.8, 4) is 11.5 Å². The summed E-state index contributed by atoms with van der Waals surface area (Å²) < 4.78 is 18.3. The van der Waals surface area contributed by atoms with Gasteiger partial charge in [0.15, 0.2) is 11.5 Å². The van der Waals surface area contributed by atoms with Crippen LogP contribution in [-0.4, -0.2) is 25.4 Å². The van der Waals surface area contributed by atoms with Gasteiger partial charge < -0.3 is 19.9 Å². The monoisotopic (exact) mass is 341 g/mol. The van der Waals surface area contributed by atoms with Crippen molar-refractivity contribution in [2.75, 3.05) is 13.2 Å². The van der Waals surface area contributed by atoms with E-state index in [1.54, 1.807) is 0 Å². The van der Waals surface area contributed by atoms with Gasteiger partial charge in [0.05, 0.1) is 31.5 Å². The Labute approximate surface area is 127 Å². The molecule has 3 unspecified atom stereocenters. The van der Waals surface area contributed by atoms with Gasteiger partial charge in [0, 0.05) is 10.9 Å². The molecule has 2 N–H and O–H groups in total. The summed E-state index contributed by atoms with van der Waals surface area (Å²) in [6.45, 7) is 3.46. The van der Waals surface area contributed by atoms with Crippen molar-refractivity contribution in [1.29, 1.82) is 0 Å². The Kier molecular flexibility index (Phi) is 4.19. The van der Waals surface area contributed by atoms with Crippen LogP contribution in [0.2, 0.25) is 0 Å². The molecule has 0 saturated carbocycles. The maximum Gasteiger partial charge on any atom is 0.162 e. The van der Waals surface area contributed by atoms with Crippen LogP contribution in [0.25, 0.3) is 0 Å². The number of hydrogen-bond acceptors (Lipinski definition) is 4. The fourth-order valence-electron chi connectivity index (χ4n) is 2.75. The lowest BCUT2D eigenvalue weighted by Crippen LogP contribution is -2.26. The number of rotatable bonds is 2. The molecule has 0 bridgehead atoms. The summed E-state index contributed by atoms with van der Waals surface area (Å²) in [6.07, 6.45) is 3.34. The highest BCUT2D eigenvalue weighted by Crippen LogP contribution is 2.39. The molecular formula is C15H20BrNO3. The summed E-state index contributed by atoms with van der Waals surface area (Å²) in [6, 6.07) is 3.79. The molecule has 1 aromatic rings. The first-order chi connectivity index (χ1) is 9.65. The smallest absolute Gasteiger partial charge is 0.162 e. The van der Waals surface area contributed by atoms with Gasteiger partial charge in [-0.25, -0.2) is 0 Å². The van der Waals surface area contributed by atoms with Crippen molar-refractivity contribution in [2.45, 2.75) is 44.4 Å². The molecule has 0 aliphatic carbocycles. The second-order valence-corrected chi connectivity index (χ2v) is 6.31. The number of fused-ring (bicyclic) bond motifs is 1. The molecule has 0 aromatic heterocycles. The quantitative estimate of drug-likeness (QED) is 0.897. The summed E-state index contributed by atoms with van der Waals surface area (Å²) in [5, 5.41) is 0. The van der Waals surface area contributed by atoms with Gasteiger partial charge in [-0.1, -0.05) is 15.9 Å². The van der Waals surface area contributed by atoms with Gasteiger partial charge in [0.25, 0.3) is 0 Å². The van der Waals surface area contributed by atoms with Crippen LogP contribution >= 0.6 is 15.9 Å². The van der Waals surface area contributed by atoms with Gasteiger partial charge in [-0.2, -0.15) is 0 Å². The topological polar surface area (TPSA) is 53.7 Å². The number of hydrogen-bond donors (Lipinski definition) is 1. The Morgan fingerprint density at radius 1 is 1.20 bits per heavy atom. The van der Waals surface area contributed by atoms with E-state index in [0.29, 0.717) is 19.3 Å². The van der Waals surface area contributed by atoms with Crippen molar-refractivity contribution in [3.05, 3.63) is 22.2 Å². The van der Waals surface area contributed by atoms with E-state index in [1.807, 2.05) is 12.1 Å². The summed E-state index contributed by atoms with van der Waals surface area (Å²) in [5.74, 6) is 1.56. The zero-order valence-electron chi connectivity index (χ0n) is 11.6. The summed E-state index contributed by atoms with van der Waals surface area (Å²) in [5.41, 5.74) is 7.41. The largest absolute Gasteiger partial charge is 0.490 e. The first-order valence-electron chi connectivity index (χ1n) is 7.15. The highest BCUT2D eigenvalue weighted by Gasteiger charge is 2.30. The number of halogens is 1. The highest BCUT2D eigenvalue weighted by atomic mass is 79.9. The molecule has 2 aliphatic heterocycles. The van der Waals surface area contributed by atoms with Crippen molar-refractivity contribution in [2.24, 2.45) is 5.73 Å². The molecule has 20 heavy (non-hydrogen) atoms. The molecule has 2 heterocycles. The molecule has 0 amide bonds. The minimum absolute atomic E-state index is 0.0750. The van der Waals surface area contributed by atoms with Crippen LogP contribution in [0.4, 0.5) is 0 Å². The van der Waals surface area contributed by atoms with Crippen LogP contribution in [0.15, 0.2) is 16.6 Å². The molecule has 3 rings (SSSR count). The zero-order chi connectivity index (χ0) is 14.1. The zero-order valence-corrected chi connectivity index (χ0v) is 13.2. The lowest BCUT2D eigenvalue weighted by Gasteiger charge is -2.22. The third-order valence-corrected chi connectivity index (χ3v) is 4.58. The molecule has 4 nitrogen and oxygen atoms in total. The summed E-state index contributed by atoms with van der Waals surface area (Å²) in [7, 11) is 0. The molecule has 0 spiro atoms. The first kappa shape index (κ1) is 14.2. The molecule has 2 aliphatic rings. The fourth-order valence-corrected chi connectivity index (χ4v) is 3.34. The third-order valence-electron chi connectivity index (χ3n) is 3.89. The number of ether oxygens (including phenoxy) is 3. The van der Waals surface area contributed by atoms with Crippen LogP contribution in [0, 0.1) is 0 Å². The molecule has 1 saturated heterocycles. The Morgan fingerprint density at radius 2 is 1.90 bits per heavy atom. The Morgan fingerprint density at radius 3 is 2.55 bits per heavy atom. The van der Waals surface area contributed by atoms with E-state index in [2.05, 4.69) is 22.9 Å². The van der Waals surface area contributed by atoms with E-state index in [4.69, 9.17) is 19.9 Å². The SMILES string of the molecule is CC1CCC(C(N)c2cc3c(cc2Br)OCCCO3)O1. The average molecular weight is 342 g/mol. The van der Waals surface area contributed by atoms with Crippen LogP contribution in [0.5, 0.6) is 11.5 Å². The van der Waals surface area contributed by atoms with Crippen molar-refractivity contribution in [3.63, 3.8) is 0 Å². The molecular weight excluding hydrogens is 322 g/mol. The van der Waals surface area contributed by atoms with Gasteiger partial charge in [-0.3, -0.25) is 0 Å². The lowest BCUT2D eigenvalue weighted by atomic mass is 9.99. The maximum absolute atomic E-state index is 6.38. The Bertz CT molecular complexity index is 494. The van der Waals surface area contributed by atoms with E-state index in [1.165, 1.54) is 0 Å². The van der Waals surface area contributed by atoms with E-state index < -0.39 is 0 Å². The first-order valence-corrected chi connectivity index (χ1v) is 7.94. The second-order valence-electron chi connectivity index (χ2n) is 5.46. The van der Waals surface area contributed by atoms with Crippen molar-refractivity contribution >= 4 is 15.9 Å². The number of benzene rings is 1. The van der Waals surface area contributed by atoms with Gasteiger partial charge in [-0.05, 0) is 37.5 Å². The van der Waals surface area contributed by atoms with Gasteiger partial charge in [0.2, 0.25) is 0 Å². The average Bonchev–Trinajstić information content (AvgIpc) is 2.73. The van der Waals surface area contributed by atoms with Gasteiger partial charge in [0.1, 0.15) is 0 Å². The van der Waals surface area contributed by atoms with Gasteiger partial charge >= 0.3 is 0 Å². The van der Waals surface area contributed by atoms with Crippen LogP contribution in [0.3, 0.4) is 0 Å². The molecule has 1 aromatic carbocycles. The Balaban J connectivity index is 1.87. The fraction of sp³-hybridized carbons (Fsp3) is 0.600. The van der Waals surface area contributed by atoms with E-state index in [-0.39, 0.29) is 12.1 Å². The molecule has 5 heteroatoms. The lowest BCUT2D eigenvalue weighted by molar-refractivity contribution is 0.0399. The van der Waals surface area contributed by atoms with E-state index >= 15 is 0 Å². The standard InChI is InChI=1S/C15H20BrNO3/c1-9-3-4-12(20-9)15(17)10-7-13-14(8-11(10)16)19-6-2-5-18-13/h7-9,12,15H,2-6,17H2,1H3. The van der Waals surface area contributed by atoms with E-state index in [0.717, 1.165) is 40.8 Å². The normalized spacial score (nSPS) is 27.1. The minimum Gasteiger partial charge on any atom is -0.490 e. The third kappa shape index (κ3) is 2.80. The van der Waals surface area contributed by atoms with Crippen molar-refractivity contribution < 1.29 is 14.2 Å². The summed E-state index contributed by atoms with van der Waals surface area (Å²) in [4.78, 5) is 0. The predicted octanol–water partition coefficient (Wildman–Crippen LogP) is 3.18. The molecule has 0 radical (unpaired) electrons. The molecule has 1 fully saturated rings. The van der Waals surface area contributed by atoms with Crippen LogP contribution in [-0.2, 0) is 4.74 Å². The maximum atomic E-state index is 6.38. The molecule has 3 atom stereocenters. The molecule has 110 valence electrons. The van der Waals surface area contributed by atoms with Crippen LogP contribution in [0.1, 0.15) is 37.8 Å². The highest BCUT2D eigenvalue weighted by molar-refractivity contribution is 9.10. The predicted molar refractivity (Wildman–Crippen MR) is 80.2 cm³/mol. The van der Waals surface area contributed by atoms with Crippen LogP contribution < -0.4 is 15.2 Å². The van der Waals surface area contributed by atoms with Gasteiger partial charge in [-0.15, -0.1) is 0 Å². The van der Waals surface area contributed by atoms with Crippen molar-refractivity contribution in [1.82, 2.24) is 0 Å². The Hall–Kier alpha value is -0.780. The summed E-state index contributed by atoms with van der Waals surface area (Å²) >= 11 is 3.59. The second kappa shape index (κ2) is 5.92. The number of nitrogens with two attached hydrogens (primary N) is 1. The van der Waals surface area contributed by atoms with E-state index in [9.17, 15) is 0 Å². The minimum atomic E-state index is -0.147.